The summed E-state index contributed by atoms with van der Waals surface area (Å²) in [6, 6.07) is 7.76. The van der Waals surface area contributed by atoms with Gasteiger partial charge in [-0.05, 0) is 12.1 Å². The van der Waals surface area contributed by atoms with E-state index in [1.807, 2.05) is 31.2 Å². The summed E-state index contributed by atoms with van der Waals surface area (Å²) in [6.07, 6.45) is 0. The summed E-state index contributed by atoms with van der Waals surface area (Å²) >= 11 is 4.90. The SMILES string of the molecule is COc1cccc(NCC(C)C(N)=S)c1. The summed E-state index contributed by atoms with van der Waals surface area (Å²) in [7, 11) is 1.65. The molecule has 3 nitrogen and oxygen atoms in total. The molecule has 0 aliphatic heterocycles. The molecular formula is C11H16N2OS. The van der Waals surface area contributed by atoms with E-state index in [0.717, 1.165) is 18.0 Å². The molecule has 1 rings (SSSR count). The lowest BCUT2D eigenvalue weighted by atomic mass is 10.2. The maximum Gasteiger partial charge on any atom is 0.120 e. The molecule has 1 unspecified atom stereocenters. The van der Waals surface area contributed by atoms with Crippen LogP contribution in [-0.2, 0) is 0 Å². The molecule has 1 aromatic carbocycles. The third kappa shape index (κ3) is 3.75. The molecule has 0 bridgehead atoms. The van der Waals surface area contributed by atoms with E-state index in [2.05, 4.69) is 5.32 Å². The molecule has 1 atom stereocenters. The Bertz CT molecular complexity index is 341. The predicted octanol–water partition coefficient (Wildman–Crippen LogP) is 2.03. The number of nitrogens with two attached hydrogens (primary N) is 1. The number of benzene rings is 1. The van der Waals surface area contributed by atoms with E-state index in [0.29, 0.717) is 4.99 Å². The summed E-state index contributed by atoms with van der Waals surface area (Å²) in [4.78, 5) is 0.533. The number of rotatable bonds is 5. The minimum atomic E-state index is 0.186. The van der Waals surface area contributed by atoms with Gasteiger partial charge in [-0.25, -0.2) is 0 Å². The van der Waals surface area contributed by atoms with Crippen LogP contribution in [0.25, 0.3) is 0 Å². The zero-order valence-electron chi connectivity index (χ0n) is 8.99. The first-order valence-electron chi connectivity index (χ1n) is 4.80. The van der Waals surface area contributed by atoms with Crippen molar-refractivity contribution in [3.8, 4) is 5.75 Å². The molecule has 0 radical (unpaired) electrons. The average molecular weight is 224 g/mol. The van der Waals surface area contributed by atoms with Crippen LogP contribution in [0.1, 0.15) is 6.92 Å². The number of ether oxygens (including phenoxy) is 1. The van der Waals surface area contributed by atoms with Gasteiger partial charge >= 0.3 is 0 Å². The van der Waals surface area contributed by atoms with Gasteiger partial charge in [0.15, 0.2) is 0 Å². The molecule has 0 spiro atoms. The van der Waals surface area contributed by atoms with E-state index < -0.39 is 0 Å². The van der Waals surface area contributed by atoms with Crippen LogP contribution in [0, 0.1) is 5.92 Å². The van der Waals surface area contributed by atoms with Crippen molar-refractivity contribution in [1.29, 1.82) is 0 Å². The highest BCUT2D eigenvalue weighted by atomic mass is 32.1. The predicted molar refractivity (Wildman–Crippen MR) is 67.4 cm³/mol. The van der Waals surface area contributed by atoms with E-state index in [1.165, 1.54) is 0 Å². The Morgan fingerprint density at radius 3 is 2.93 bits per heavy atom. The molecule has 0 amide bonds. The van der Waals surface area contributed by atoms with E-state index >= 15 is 0 Å². The molecule has 0 saturated carbocycles. The van der Waals surface area contributed by atoms with E-state index in [1.54, 1.807) is 7.11 Å². The van der Waals surface area contributed by atoms with Gasteiger partial charge in [0.1, 0.15) is 5.75 Å². The summed E-state index contributed by atoms with van der Waals surface area (Å²) in [5.74, 6) is 1.02. The summed E-state index contributed by atoms with van der Waals surface area (Å²) < 4.78 is 5.12. The average Bonchev–Trinajstić information content (AvgIpc) is 2.26. The maximum atomic E-state index is 5.52. The molecule has 4 heteroatoms. The van der Waals surface area contributed by atoms with E-state index in [-0.39, 0.29) is 5.92 Å². The van der Waals surface area contributed by atoms with Crippen molar-refractivity contribution in [1.82, 2.24) is 0 Å². The number of hydrogen-bond donors (Lipinski definition) is 2. The van der Waals surface area contributed by atoms with Gasteiger partial charge in [-0.1, -0.05) is 25.2 Å². The van der Waals surface area contributed by atoms with Crippen LogP contribution in [-0.4, -0.2) is 18.6 Å². The lowest BCUT2D eigenvalue weighted by Gasteiger charge is -2.12. The number of thiocarbonyl (C=S) groups is 1. The van der Waals surface area contributed by atoms with Crippen LogP contribution in [0.15, 0.2) is 24.3 Å². The molecule has 0 aliphatic rings. The van der Waals surface area contributed by atoms with Crippen molar-refractivity contribution in [2.45, 2.75) is 6.92 Å². The largest absolute Gasteiger partial charge is 0.497 e. The number of methoxy groups -OCH3 is 1. The fourth-order valence-electron chi connectivity index (χ4n) is 1.10. The number of nitrogens with one attached hydrogen (secondary N) is 1. The van der Waals surface area contributed by atoms with Crippen molar-refractivity contribution in [2.75, 3.05) is 19.0 Å². The minimum absolute atomic E-state index is 0.186. The molecule has 1 aromatic rings. The topological polar surface area (TPSA) is 47.3 Å². The Morgan fingerprint density at radius 2 is 2.33 bits per heavy atom. The second-order valence-electron chi connectivity index (χ2n) is 3.42. The standard InChI is InChI=1S/C11H16N2OS/c1-8(11(12)15)7-13-9-4-3-5-10(6-9)14-2/h3-6,8,13H,7H2,1-2H3,(H2,12,15). The molecule has 0 aliphatic carbocycles. The molecule has 0 aromatic heterocycles. The van der Waals surface area contributed by atoms with Gasteiger partial charge < -0.3 is 15.8 Å². The quantitative estimate of drug-likeness (QED) is 0.751. The van der Waals surface area contributed by atoms with Crippen molar-refractivity contribution < 1.29 is 4.74 Å². The van der Waals surface area contributed by atoms with Gasteiger partial charge in [0, 0.05) is 24.2 Å². The lowest BCUT2D eigenvalue weighted by molar-refractivity contribution is 0.415. The van der Waals surface area contributed by atoms with Gasteiger partial charge in [-0.3, -0.25) is 0 Å². The van der Waals surface area contributed by atoms with Gasteiger partial charge in [-0.15, -0.1) is 0 Å². The Balaban J connectivity index is 2.53. The van der Waals surface area contributed by atoms with Gasteiger partial charge in [0.2, 0.25) is 0 Å². The van der Waals surface area contributed by atoms with Crippen LogP contribution >= 0.6 is 12.2 Å². The Morgan fingerprint density at radius 1 is 1.60 bits per heavy atom. The molecular weight excluding hydrogens is 208 g/mol. The highest BCUT2D eigenvalue weighted by molar-refractivity contribution is 7.80. The second-order valence-corrected chi connectivity index (χ2v) is 3.89. The van der Waals surface area contributed by atoms with Crippen LogP contribution in [0.3, 0.4) is 0 Å². The lowest BCUT2D eigenvalue weighted by Crippen LogP contribution is -2.25. The van der Waals surface area contributed by atoms with E-state index in [4.69, 9.17) is 22.7 Å². The Labute approximate surface area is 95.6 Å². The van der Waals surface area contributed by atoms with Gasteiger partial charge in [-0.2, -0.15) is 0 Å². The molecule has 0 heterocycles. The second kappa shape index (κ2) is 5.56. The normalized spacial score (nSPS) is 11.9. The first-order valence-corrected chi connectivity index (χ1v) is 5.21. The van der Waals surface area contributed by atoms with Crippen molar-refractivity contribution in [3.05, 3.63) is 24.3 Å². The van der Waals surface area contributed by atoms with Gasteiger partial charge in [0.25, 0.3) is 0 Å². The number of hydrogen-bond acceptors (Lipinski definition) is 3. The van der Waals surface area contributed by atoms with Crippen LogP contribution in [0.2, 0.25) is 0 Å². The number of anilines is 1. The Hall–Kier alpha value is -1.29. The van der Waals surface area contributed by atoms with Crippen molar-refractivity contribution in [2.24, 2.45) is 11.7 Å². The third-order valence-corrected chi connectivity index (χ3v) is 2.57. The molecule has 3 N–H and O–H groups in total. The Kier molecular flexibility index (Phi) is 4.37. The van der Waals surface area contributed by atoms with Crippen molar-refractivity contribution >= 4 is 22.9 Å². The molecule has 0 fully saturated rings. The van der Waals surface area contributed by atoms with Crippen molar-refractivity contribution in [3.63, 3.8) is 0 Å². The molecule has 82 valence electrons. The minimum Gasteiger partial charge on any atom is -0.497 e. The van der Waals surface area contributed by atoms with Crippen LogP contribution in [0.5, 0.6) is 5.75 Å². The van der Waals surface area contributed by atoms with Gasteiger partial charge in [0.05, 0.1) is 12.1 Å². The zero-order chi connectivity index (χ0) is 11.3. The van der Waals surface area contributed by atoms with Crippen LogP contribution < -0.4 is 15.8 Å². The molecule has 0 saturated heterocycles. The molecule has 15 heavy (non-hydrogen) atoms. The van der Waals surface area contributed by atoms with E-state index in [9.17, 15) is 0 Å². The fraction of sp³-hybridized carbons (Fsp3) is 0.364. The van der Waals surface area contributed by atoms with Crippen LogP contribution in [0.4, 0.5) is 5.69 Å². The monoisotopic (exact) mass is 224 g/mol. The first-order chi connectivity index (χ1) is 7.13. The first kappa shape index (κ1) is 11.8. The fourth-order valence-corrected chi connectivity index (χ4v) is 1.19. The smallest absolute Gasteiger partial charge is 0.120 e. The highest BCUT2D eigenvalue weighted by Crippen LogP contribution is 2.16. The summed E-state index contributed by atoms with van der Waals surface area (Å²) in [5.41, 5.74) is 6.53. The third-order valence-electron chi connectivity index (χ3n) is 2.17. The summed E-state index contributed by atoms with van der Waals surface area (Å²) in [6.45, 7) is 2.73. The summed E-state index contributed by atoms with van der Waals surface area (Å²) in [5, 5.41) is 3.25. The zero-order valence-corrected chi connectivity index (χ0v) is 9.80. The highest BCUT2D eigenvalue weighted by Gasteiger charge is 2.04. The maximum absolute atomic E-state index is 5.52.